The molecule has 0 bridgehead atoms. The van der Waals surface area contributed by atoms with Crippen LogP contribution in [0.1, 0.15) is 32.6 Å². The highest BCUT2D eigenvalue weighted by molar-refractivity contribution is 7.89. The maximum atomic E-state index is 12.7. The van der Waals surface area contributed by atoms with Crippen LogP contribution in [0.15, 0.2) is 60.0 Å². The van der Waals surface area contributed by atoms with E-state index in [1.54, 1.807) is 32.4 Å². The van der Waals surface area contributed by atoms with E-state index in [1.807, 2.05) is 35.0 Å². The Morgan fingerprint density at radius 2 is 1.90 bits per heavy atom. The number of carbonyl (C=O) groups excluding carboxylic acids is 1. The number of nitrogens with zero attached hydrogens (tertiary/aromatic N) is 2. The second-order valence-electron chi connectivity index (χ2n) is 6.86. The predicted molar refractivity (Wildman–Crippen MR) is 111 cm³/mol. The molecule has 29 heavy (non-hydrogen) atoms. The van der Waals surface area contributed by atoms with E-state index in [0.29, 0.717) is 24.2 Å². The van der Waals surface area contributed by atoms with Gasteiger partial charge < -0.3 is 9.88 Å². The average molecular weight is 413 g/mol. The molecule has 7 nitrogen and oxygen atoms in total. The lowest BCUT2D eigenvalue weighted by Crippen LogP contribution is -2.25. The number of benzene rings is 2. The molecule has 0 spiro atoms. The first-order valence-electron chi connectivity index (χ1n) is 9.16. The van der Waals surface area contributed by atoms with Crippen molar-refractivity contribution in [3.63, 3.8) is 0 Å². The monoisotopic (exact) mass is 412 g/mol. The maximum Gasteiger partial charge on any atom is 0.251 e. The van der Waals surface area contributed by atoms with Crippen molar-refractivity contribution in [2.24, 2.45) is 0 Å². The van der Waals surface area contributed by atoms with Crippen LogP contribution in [0.5, 0.6) is 0 Å². The molecule has 3 rings (SSSR count). The molecule has 1 heterocycles. The summed E-state index contributed by atoms with van der Waals surface area (Å²) in [7, 11) is -2.29. The molecule has 0 atom stereocenters. The molecular formula is C21H24N4O3S. The van der Waals surface area contributed by atoms with Gasteiger partial charge in [0.25, 0.3) is 5.91 Å². The number of imidazole rings is 1. The topological polar surface area (TPSA) is 93.1 Å². The summed E-state index contributed by atoms with van der Waals surface area (Å²) in [5, 5.41) is 2.87. The van der Waals surface area contributed by atoms with E-state index in [0.717, 1.165) is 16.7 Å². The van der Waals surface area contributed by atoms with Crippen molar-refractivity contribution in [2.75, 3.05) is 7.05 Å². The van der Waals surface area contributed by atoms with Crippen LogP contribution in [0.25, 0.3) is 0 Å². The molecule has 0 unspecified atom stereocenters. The van der Waals surface area contributed by atoms with Gasteiger partial charge in [-0.2, -0.15) is 0 Å². The number of hydrogen-bond acceptors (Lipinski definition) is 4. The van der Waals surface area contributed by atoms with Gasteiger partial charge in [-0.25, -0.2) is 18.1 Å². The minimum absolute atomic E-state index is 0.118. The van der Waals surface area contributed by atoms with Crippen LogP contribution in [-0.2, 0) is 23.1 Å². The fourth-order valence-electron chi connectivity index (χ4n) is 3.06. The number of aromatic nitrogens is 2. The zero-order valence-electron chi connectivity index (χ0n) is 16.6. The smallest absolute Gasteiger partial charge is 0.251 e. The Morgan fingerprint density at radius 3 is 2.59 bits per heavy atom. The van der Waals surface area contributed by atoms with Gasteiger partial charge in [-0.05, 0) is 55.3 Å². The highest BCUT2D eigenvalue weighted by Gasteiger charge is 2.19. The maximum absolute atomic E-state index is 12.7. The quantitative estimate of drug-likeness (QED) is 0.623. The third kappa shape index (κ3) is 4.90. The highest BCUT2D eigenvalue weighted by Crippen LogP contribution is 2.21. The van der Waals surface area contributed by atoms with E-state index in [-0.39, 0.29) is 10.8 Å². The molecule has 1 amide bonds. The Balaban J connectivity index is 1.74. The molecule has 2 N–H and O–H groups in total. The number of nitrogens with one attached hydrogen (secondary N) is 2. The predicted octanol–water partition coefficient (Wildman–Crippen LogP) is 2.39. The normalized spacial score (nSPS) is 11.4. The Bertz CT molecular complexity index is 1120. The van der Waals surface area contributed by atoms with Gasteiger partial charge in [0.2, 0.25) is 10.0 Å². The van der Waals surface area contributed by atoms with E-state index >= 15 is 0 Å². The number of sulfonamides is 1. The summed E-state index contributed by atoms with van der Waals surface area (Å²) >= 11 is 0. The summed E-state index contributed by atoms with van der Waals surface area (Å²) in [5.74, 6) is -0.319. The molecule has 3 aromatic rings. The summed E-state index contributed by atoms with van der Waals surface area (Å²) < 4.78 is 28.8. The third-order valence-electron chi connectivity index (χ3n) is 4.81. The van der Waals surface area contributed by atoms with Crippen LogP contribution in [0.2, 0.25) is 0 Å². The van der Waals surface area contributed by atoms with Gasteiger partial charge >= 0.3 is 0 Å². The molecule has 0 aliphatic heterocycles. The van der Waals surface area contributed by atoms with Crippen molar-refractivity contribution in [1.82, 2.24) is 19.6 Å². The van der Waals surface area contributed by atoms with Crippen LogP contribution in [0.3, 0.4) is 0 Å². The van der Waals surface area contributed by atoms with Crippen molar-refractivity contribution in [3.05, 3.63) is 82.9 Å². The Kier molecular flexibility index (Phi) is 6.14. The molecule has 2 aromatic carbocycles. The summed E-state index contributed by atoms with van der Waals surface area (Å²) in [6, 6.07) is 11.0. The molecule has 0 radical (unpaired) electrons. The van der Waals surface area contributed by atoms with E-state index in [4.69, 9.17) is 0 Å². The lowest BCUT2D eigenvalue weighted by Gasteiger charge is -2.13. The molecule has 8 heteroatoms. The summed E-state index contributed by atoms with van der Waals surface area (Å²) in [4.78, 5) is 16.8. The fraction of sp³-hybridized carbons (Fsp3) is 0.238. The summed E-state index contributed by atoms with van der Waals surface area (Å²) in [6.45, 7) is 4.56. The first kappa shape index (κ1) is 20.8. The van der Waals surface area contributed by atoms with Gasteiger partial charge in [0.1, 0.15) is 0 Å². The van der Waals surface area contributed by atoms with Crippen LogP contribution >= 0.6 is 0 Å². The molecule has 0 saturated heterocycles. The largest absolute Gasteiger partial charge is 0.348 e. The number of hydrogen-bond donors (Lipinski definition) is 2. The van der Waals surface area contributed by atoms with E-state index in [1.165, 1.54) is 13.1 Å². The molecule has 0 fully saturated rings. The lowest BCUT2D eigenvalue weighted by molar-refractivity contribution is 0.0950. The van der Waals surface area contributed by atoms with Crippen molar-refractivity contribution < 1.29 is 13.2 Å². The van der Waals surface area contributed by atoms with Gasteiger partial charge in [-0.1, -0.05) is 24.3 Å². The first-order chi connectivity index (χ1) is 13.8. The van der Waals surface area contributed by atoms with Crippen LogP contribution < -0.4 is 10.0 Å². The van der Waals surface area contributed by atoms with Gasteiger partial charge in [0.15, 0.2) is 0 Å². The van der Waals surface area contributed by atoms with Crippen LogP contribution in [0.4, 0.5) is 0 Å². The zero-order valence-corrected chi connectivity index (χ0v) is 17.5. The van der Waals surface area contributed by atoms with Crippen molar-refractivity contribution in [3.8, 4) is 0 Å². The zero-order chi connectivity index (χ0) is 21.0. The molecule has 152 valence electrons. The number of carbonyl (C=O) groups is 1. The van der Waals surface area contributed by atoms with E-state index in [9.17, 15) is 13.2 Å². The molecule has 1 aromatic heterocycles. The Morgan fingerprint density at radius 1 is 1.14 bits per heavy atom. The van der Waals surface area contributed by atoms with E-state index < -0.39 is 10.0 Å². The molecule has 0 saturated carbocycles. The Hall–Kier alpha value is -2.97. The van der Waals surface area contributed by atoms with Crippen molar-refractivity contribution in [2.45, 2.75) is 31.8 Å². The van der Waals surface area contributed by atoms with Crippen molar-refractivity contribution >= 4 is 15.9 Å². The molecule has 0 aliphatic carbocycles. The minimum atomic E-state index is -3.64. The van der Waals surface area contributed by atoms with Gasteiger partial charge in [-0.15, -0.1) is 0 Å². The molecule has 0 aliphatic rings. The van der Waals surface area contributed by atoms with Gasteiger partial charge in [0.05, 0.1) is 11.2 Å². The second-order valence-corrected chi connectivity index (χ2v) is 8.72. The van der Waals surface area contributed by atoms with E-state index in [2.05, 4.69) is 15.0 Å². The SMILES string of the molecule is CNS(=O)(=O)c1cc(C(=O)NCc2cccc(Cn3ccnc3)c2)cc(C)c1C. The number of aryl methyl sites for hydroxylation is 1. The van der Waals surface area contributed by atoms with Crippen molar-refractivity contribution in [1.29, 1.82) is 0 Å². The Labute approximate surface area is 170 Å². The molecular weight excluding hydrogens is 388 g/mol. The fourth-order valence-corrected chi connectivity index (χ4v) is 4.13. The number of rotatable bonds is 7. The van der Waals surface area contributed by atoms with Gasteiger partial charge in [-0.3, -0.25) is 4.79 Å². The standard InChI is InChI=1S/C21H24N4O3S/c1-15-9-19(11-20(16(15)2)29(27,28)22-3)21(26)24-12-17-5-4-6-18(10-17)13-25-8-7-23-14-25/h4-11,14,22H,12-13H2,1-3H3,(H,24,26). The van der Waals surface area contributed by atoms with Crippen LogP contribution in [-0.4, -0.2) is 30.9 Å². The lowest BCUT2D eigenvalue weighted by atomic mass is 10.1. The summed E-state index contributed by atoms with van der Waals surface area (Å²) in [6.07, 6.45) is 5.38. The minimum Gasteiger partial charge on any atom is -0.348 e. The highest BCUT2D eigenvalue weighted by atomic mass is 32.2. The second kappa shape index (κ2) is 8.59. The average Bonchev–Trinajstić information content (AvgIpc) is 3.21. The van der Waals surface area contributed by atoms with Gasteiger partial charge in [0, 0.05) is 31.0 Å². The first-order valence-corrected chi connectivity index (χ1v) is 10.6. The number of amides is 1. The third-order valence-corrected chi connectivity index (χ3v) is 6.35. The summed E-state index contributed by atoms with van der Waals surface area (Å²) in [5.41, 5.74) is 3.75. The van der Waals surface area contributed by atoms with Crippen LogP contribution in [0, 0.1) is 13.8 Å².